The van der Waals surface area contributed by atoms with E-state index < -0.39 is 5.91 Å². The van der Waals surface area contributed by atoms with Gasteiger partial charge in [0, 0.05) is 13.5 Å². The number of hydrogen-bond acceptors (Lipinski definition) is 2. The second-order valence-electron chi connectivity index (χ2n) is 6.76. The summed E-state index contributed by atoms with van der Waals surface area (Å²) in [6.45, 7) is 8.04. The van der Waals surface area contributed by atoms with Crippen LogP contribution in [-0.4, -0.2) is 18.9 Å². The maximum Gasteiger partial charge on any atom is 0.223 e. The number of hydrogen-bond donors (Lipinski definition) is 2. The summed E-state index contributed by atoms with van der Waals surface area (Å²) in [5, 5.41) is 2.53. The zero-order valence-corrected chi connectivity index (χ0v) is 13.8. The second-order valence-corrected chi connectivity index (χ2v) is 6.76. The molecule has 1 aliphatic carbocycles. The number of carbonyl (C=O) groups excluding carboxylic acids is 2. The molecular formula is C16H32N2O2. The van der Waals surface area contributed by atoms with Crippen molar-refractivity contribution in [2.45, 2.75) is 66.2 Å². The molecule has 4 heteroatoms. The van der Waals surface area contributed by atoms with Crippen molar-refractivity contribution in [2.75, 3.05) is 7.05 Å². The molecule has 0 aliphatic heterocycles. The summed E-state index contributed by atoms with van der Waals surface area (Å²) in [6.07, 6.45) is 7.53. The summed E-state index contributed by atoms with van der Waals surface area (Å²) in [6, 6.07) is 0. The molecule has 2 amide bonds. The topological polar surface area (TPSA) is 72.2 Å². The van der Waals surface area contributed by atoms with Gasteiger partial charge in [-0.2, -0.15) is 0 Å². The van der Waals surface area contributed by atoms with Crippen LogP contribution < -0.4 is 11.1 Å². The molecule has 0 aromatic carbocycles. The summed E-state index contributed by atoms with van der Waals surface area (Å²) in [7, 11) is 1.56. The number of rotatable bonds is 4. The van der Waals surface area contributed by atoms with E-state index in [1.165, 1.54) is 32.1 Å². The van der Waals surface area contributed by atoms with E-state index >= 15 is 0 Å². The summed E-state index contributed by atoms with van der Waals surface area (Å²) >= 11 is 0. The zero-order chi connectivity index (χ0) is 15.8. The van der Waals surface area contributed by atoms with E-state index in [1.54, 1.807) is 7.05 Å². The van der Waals surface area contributed by atoms with E-state index in [0.29, 0.717) is 0 Å². The summed E-state index contributed by atoms with van der Waals surface area (Å²) in [5.41, 5.74) is 4.82. The number of nitrogens with two attached hydrogens (primary N) is 1. The fraction of sp³-hybridized carbons (Fsp3) is 0.875. The van der Waals surface area contributed by atoms with Crippen LogP contribution in [0.3, 0.4) is 0 Å². The molecule has 118 valence electrons. The normalized spacial score (nSPS) is 17.1. The Balaban J connectivity index is 0.000000428. The molecule has 1 rings (SSSR count). The van der Waals surface area contributed by atoms with E-state index in [9.17, 15) is 9.59 Å². The van der Waals surface area contributed by atoms with Crippen LogP contribution in [0.2, 0.25) is 0 Å². The number of carbonyl (C=O) groups is 2. The molecule has 1 saturated carbocycles. The van der Waals surface area contributed by atoms with E-state index in [4.69, 9.17) is 5.73 Å². The minimum atomic E-state index is -0.441. The largest absolute Gasteiger partial charge is 0.370 e. The molecule has 0 aromatic rings. The van der Waals surface area contributed by atoms with Crippen molar-refractivity contribution >= 4 is 11.8 Å². The number of nitrogens with one attached hydrogen (secondary N) is 1. The highest BCUT2D eigenvalue weighted by Crippen LogP contribution is 2.28. The molecule has 1 atom stereocenters. The number of amides is 2. The van der Waals surface area contributed by atoms with Gasteiger partial charge in [-0.3, -0.25) is 9.59 Å². The van der Waals surface area contributed by atoms with Crippen molar-refractivity contribution in [3.63, 3.8) is 0 Å². The van der Waals surface area contributed by atoms with Gasteiger partial charge in [0.05, 0.1) is 5.92 Å². The first-order chi connectivity index (χ1) is 9.22. The Hall–Kier alpha value is -1.06. The first-order valence-electron chi connectivity index (χ1n) is 7.72. The van der Waals surface area contributed by atoms with E-state index in [0.717, 1.165) is 5.92 Å². The maximum atomic E-state index is 11.4. The van der Waals surface area contributed by atoms with Crippen LogP contribution in [0.25, 0.3) is 0 Å². The first kappa shape index (κ1) is 18.9. The van der Waals surface area contributed by atoms with E-state index in [2.05, 4.69) is 12.2 Å². The van der Waals surface area contributed by atoms with Crippen molar-refractivity contribution in [2.24, 2.45) is 23.0 Å². The smallest absolute Gasteiger partial charge is 0.223 e. The van der Waals surface area contributed by atoms with Crippen molar-refractivity contribution in [3.8, 4) is 0 Å². The quantitative estimate of drug-likeness (QED) is 0.833. The molecule has 3 N–H and O–H groups in total. The molecule has 0 bridgehead atoms. The standard InChI is InChI=1S/C9H18N2O2.C7H14/c1-9(2,3)6(5-7(10)12)8(13)11-4;1-2-7-5-3-4-6-7/h6H,5H2,1-4H3,(H2,10,12)(H,11,13);7H,2-6H2,1H3. The lowest BCUT2D eigenvalue weighted by Gasteiger charge is -2.27. The van der Waals surface area contributed by atoms with Crippen LogP contribution in [0.15, 0.2) is 0 Å². The van der Waals surface area contributed by atoms with E-state index in [-0.39, 0.29) is 23.7 Å². The average Bonchev–Trinajstić information content (AvgIpc) is 2.87. The van der Waals surface area contributed by atoms with Crippen molar-refractivity contribution in [1.29, 1.82) is 0 Å². The van der Waals surface area contributed by atoms with Crippen LogP contribution in [0.5, 0.6) is 0 Å². The molecule has 0 heterocycles. The van der Waals surface area contributed by atoms with Gasteiger partial charge < -0.3 is 11.1 Å². The van der Waals surface area contributed by atoms with Gasteiger partial charge in [0.2, 0.25) is 11.8 Å². The van der Waals surface area contributed by atoms with Gasteiger partial charge in [0.25, 0.3) is 0 Å². The second kappa shape index (κ2) is 8.98. The molecule has 1 aliphatic rings. The molecule has 1 unspecified atom stereocenters. The molecule has 0 radical (unpaired) electrons. The first-order valence-corrected chi connectivity index (χ1v) is 7.72. The van der Waals surface area contributed by atoms with Gasteiger partial charge in [0.1, 0.15) is 0 Å². The monoisotopic (exact) mass is 284 g/mol. The fourth-order valence-corrected chi connectivity index (χ4v) is 2.59. The predicted molar refractivity (Wildman–Crippen MR) is 83.1 cm³/mol. The minimum absolute atomic E-state index is 0.100. The van der Waals surface area contributed by atoms with Crippen molar-refractivity contribution in [1.82, 2.24) is 5.32 Å². The minimum Gasteiger partial charge on any atom is -0.370 e. The SMILES string of the molecule is CCC1CCCC1.CNC(=O)C(CC(N)=O)C(C)(C)C. The van der Waals surface area contributed by atoms with Gasteiger partial charge >= 0.3 is 0 Å². The Morgan fingerprint density at radius 3 is 2.00 bits per heavy atom. The van der Waals surface area contributed by atoms with Crippen LogP contribution in [0, 0.1) is 17.3 Å². The van der Waals surface area contributed by atoms with Crippen molar-refractivity contribution in [3.05, 3.63) is 0 Å². The molecule has 20 heavy (non-hydrogen) atoms. The summed E-state index contributed by atoms with van der Waals surface area (Å²) < 4.78 is 0. The fourth-order valence-electron chi connectivity index (χ4n) is 2.59. The van der Waals surface area contributed by atoms with Crippen molar-refractivity contribution < 1.29 is 9.59 Å². The van der Waals surface area contributed by atoms with E-state index in [1.807, 2.05) is 20.8 Å². The summed E-state index contributed by atoms with van der Waals surface area (Å²) in [5.74, 6) is 0.171. The van der Waals surface area contributed by atoms with Gasteiger partial charge in [-0.1, -0.05) is 59.8 Å². The Bertz CT molecular complexity index is 302. The lowest BCUT2D eigenvalue weighted by atomic mass is 9.78. The third-order valence-corrected chi connectivity index (χ3v) is 4.07. The van der Waals surface area contributed by atoms with Gasteiger partial charge in [0.15, 0.2) is 0 Å². The third-order valence-electron chi connectivity index (χ3n) is 4.07. The van der Waals surface area contributed by atoms with Crippen LogP contribution >= 0.6 is 0 Å². The van der Waals surface area contributed by atoms with Gasteiger partial charge in [-0.15, -0.1) is 0 Å². The highest BCUT2D eigenvalue weighted by atomic mass is 16.2. The Kier molecular flexibility index (Phi) is 8.51. The third kappa shape index (κ3) is 7.51. The number of primary amides is 1. The van der Waals surface area contributed by atoms with Gasteiger partial charge in [-0.05, 0) is 11.3 Å². The average molecular weight is 284 g/mol. The van der Waals surface area contributed by atoms with Crippen LogP contribution in [-0.2, 0) is 9.59 Å². The van der Waals surface area contributed by atoms with Crippen LogP contribution in [0.1, 0.15) is 66.2 Å². The molecule has 1 fully saturated rings. The molecular weight excluding hydrogens is 252 g/mol. The Labute approximate surface area is 123 Å². The summed E-state index contributed by atoms with van der Waals surface area (Å²) in [4.78, 5) is 22.1. The Morgan fingerprint density at radius 2 is 1.75 bits per heavy atom. The predicted octanol–water partition coefficient (Wildman–Crippen LogP) is 2.86. The molecule has 0 spiro atoms. The lowest BCUT2D eigenvalue weighted by molar-refractivity contribution is -0.132. The lowest BCUT2D eigenvalue weighted by Crippen LogP contribution is -2.38. The van der Waals surface area contributed by atoms with Gasteiger partial charge in [-0.25, -0.2) is 0 Å². The molecule has 4 nitrogen and oxygen atoms in total. The Morgan fingerprint density at radius 1 is 1.25 bits per heavy atom. The maximum absolute atomic E-state index is 11.4. The zero-order valence-electron chi connectivity index (χ0n) is 13.8. The molecule has 0 aromatic heterocycles. The highest BCUT2D eigenvalue weighted by Gasteiger charge is 2.31. The highest BCUT2D eigenvalue weighted by molar-refractivity contribution is 5.85. The van der Waals surface area contributed by atoms with Crippen LogP contribution in [0.4, 0.5) is 0 Å². The molecule has 0 saturated heterocycles.